The van der Waals surface area contributed by atoms with Crippen molar-refractivity contribution < 1.29 is 29.0 Å². The molecule has 0 radical (unpaired) electrons. The Morgan fingerprint density at radius 1 is 1.24 bits per heavy atom. The molecule has 2 amide bonds. The second kappa shape index (κ2) is 12.6. The van der Waals surface area contributed by atoms with Crippen molar-refractivity contribution >= 4 is 45.5 Å². The number of carbonyl (C=O) groups is 3. The van der Waals surface area contributed by atoms with Crippen molar-refractivity contribution in [1.29, 1.82) is 0 Å². The van der Waals surface area contributed by atoms with E-state index in [4.69, 9.17) is 9.47 Å². The molecule has 0 aromatic rings. The van der Waals surface area contributed by atoms with Crippen molar-refractivity contribution in [3.05, 3.63) is 25.3 Å². The predicted octanol–water partition coefficient (Wildman–Crippen LogP) is 1.30. The van der Waals surface area contributed by atoms with Gasteiger partial charge in [-0.25, -0.2) is 0 Å². The summed E-state index contributed by atoms with van der Waals surface area (Å²) in [6, 6.07) is -0.680. The Morgan fingerprint density at radius 3 is 2.68 bits per heavy atom. The standard InChI is InChI=1S/C26H38BrN3O6S/c1-3-7-29(10-9-28-11-15-35-16-12-28)24(33)22-26-17-18(27)21(37-26)19(25(34)36-14-4-2)20(26)23(32)30(22)8-5-6-13-31/h3-4,18-22,31H,1-2,5-17H2/t18?,19-,20+,21-,22?,26?/m1/s1. The number of fused-ring (bicyclic) bond motifs is 1. The first-order chi connectivity index (χ1) is 17.9. The van der Waals surface area contributed by atoms with Crippen LogP contribution >= 0.6 is 27.7 Å². The van der Waals surface area contributed by atoms with E-state index in [2.05, 4.69) is 34.0 Å². The second-order valence-electron chi connectivity index (χ2n) is 10.1. The van der Waals surface area contributed by atoms with Gasteiger partial charge in [0, 0.05) is 56.0 Å². The molecule has 4 rings (SSSR count). The summed E-state index contributed by atoms with van der Waals surface area (Å²) in [5.74, 6) is -1.88. The Morgan fingerprint density at radius 2 is 2.00 bits per heavy atom. The van der Waals surface area contributed by atoms with Crippen LogP contribution in [0.2, 0.25) is 0 Å². The van der Waals surface area contributed by atoms with Gasteiger partial charge in [-0.1, -0.05) is 34.7 Å². The molecule has 206 valence electrons. The summed E-state index contributed by atoms with van der Waals surface area (Å²) < 4.78 is 10.2. The molecule has 1 spiro atoms. The Balaban J connectivity index is 1.63. The van der Waals surface area contributed by atoms with E-state index in [1.165, 1.54) is 6.08 Å². The topological polar surface area (TPSA) is 99.6 Å². The first-order valence-corrected chi connectivity index (χ1v) is 14.9. The summed E-state index contributed by atoms with van der Waals surface area (Å²) >= 11 is 5.37. The van der Waals surface area contributed by atoms with Crippen LogP contribution in [0.5, 0.6) is 0 Å². The molecule has 11 heteroatoms. The van der Waals surface area contributed by atoms with Crippen molar-refractivity contribution in [3.63, 3.8) is 0 Å². The number of nitrogens with zero attached hydrogens (tertiary/aromatic N) is 3. The van der Waals surface area contributed by atoms with Crippen LogP contribution in [0.25, 0.3) is 0 Å². The number of esters is 1. The first-order valence-electron chi connectivity index (χ1n) is 13.1. The average Bonchev–Trinajstić information content (AvgIpc) is 3.49. The average molecular weight is 601 g/mol. The lowest BCUT2D eigenvalue weighted by atomic mass is 9.71. The molecule has 4 fully saturated rings. The maximum atomic E-state index is 14.3. The van der Waals surface area contributed by atoms with Crippen LogP contribution in [-0.4, -0.2) is 124 Å². The number of likely N-dealkylation sites (tertiary alicyclic amines) is 1. The van der Waals surface area contributed by atoms with Gasteiger partial charge < -0.3 is 24.4 Å². The maximum absolute atomic E-state index is 14.3. The molecule has 1 N–H and O–H groups in total. The van der Waals surface area contributed by atoms with Crippen LogP contribution in [0.1, 0.15) is 19.3 Å². The van der Waals surface area contributed by atoms with Gasteiger partial charge in [-0.2, -0.15) is 0 Å². The second-order valence-corrected chi connectivity index (χ2v) is 12.8. The third kappa shape index (κ3) is 5.52. The van der Waals surface area contributed by atoms with Crippen molar-refractivity contribution in [3.8, 4) is 0 Å². The molecule has 2 bridgehead atoms. The molecular weight excluding hydrogens is 562 g/mol. The fourth-order valence-corrected chi connectivity index (χ4v) is 9.85. The molecule has 0 aliphatic carbocycles. The summed E-state index contributed by atoms with van der Waals surface area (Å²) in [5, 5.41) is 9.21. The van der Waals surface area contributed by atoms with Gasteiger partial charge >= 0.3 is 5.97 Å². The van der Waals surface area contributed by atoms with Gasteiger partial charge in [0.25, 0.3) is 0 Å². The van der Waals surface area contributed by atoms with E-state index in [0.717, 1.165) is 19.6 Å². The third-order valence-corrected chi connectivity index (χ3v) is 11.1. The minimum Gasteiger partial charge on any atom is -0.461 e. The first kappa shape index (κ1) is 28.6. The number of hydrogen-bond acceptors (Lipinski definition) is 8. The zero-order valence-corrected chi connectivity index (χ0v) is 23.7. The van der Waals surface area contributed by atoms with Crippen LogP contribution in [0, 0.1) is 11.8 Å². The lowest BCUT2D eigenvalue weighted by Gasteiger charge is -2.38. The quantitative estimate of drug-likeness (QED) is 0.146. The van der Waals surface area contributed by atoms with E-state index in [-0.39, 0.29) is 35.1 Å². The SMILES string of the molecule is C=CCOC(=O)[C@H]1[C@@H]2SC3(CC2Br)C(C(=O)N(CC=C)CCN2CCOCC2)N(CCCCO)C(=O)[C@H]13. The summed E-state index contributed by atoms with van der Waals surface area (Å²) in [5.41, 5.74) is 0. The van der Waals surface area contributed by atoms with Gasteiger partial charge in [0.05, 0.1) is 29.8 Å². The number of alkyl halides is 1. The largest absolute Gasteiger partial charge is 0.461 e. The molecule has 6 atom stereocenters. The zero-order chi connectivity index (χ0) is 26.6. The van der Waals surface area contributed by atoms with Gasteiger partial charge in [0.15, 0.2) is 0 Å². The predicted molar refractivity (Wildman–Crippen MR) is 145 cm³/mol. The third-order valence-electron chi connectivity index (χ3n) is 7.90. The molecule has 37 heavy (non-hydrogen) atoms. The summed E-state index contributed by atoms with van der Waals surface area (Å²) in [4.78, 5) is 47.2. The molecule has 0 aromatic heterocycles. The van der Waals surface area contributed by atoms with E-state index in [0.29, 0.717) is 52.1 Å². The molecule has 4 aliphatic heterocycles. The fourth-order valence-electron chi connectivity index (χ4n) is 6.26. The van der Waals surface area contributed by atoms with Gasteiger partial charge in [-0.3, -0.25) is 19.3 Å². The van der Waals surface area contributed by atoms with Crippen molar-refractivity contribution in [1.82, 2.24) is 14.7 Å². The van der Waals surface area contributed by atoms with Gasteiger partial charge in [-0.15, -0.1) is 18.3 Å². The Kier molecular flexibility index (Phi) is 9.77. The zero-order valence-electron chi connectivity index (χ0n) is 21.3. The van der Waals surface area contributed by atoms with Crippen LogP contribution in [0.15, 0.2) is 25.3 Å². The molecule has 0 aromatic carbocycles. The van der Waals surface area contributed by atoms with Crippen molar-refractivity contribution in [2.75, 3.05) is 65.7 Å². The normalized spacial score (nSPS) is 32.9. The van der Waals surface area contributed by atoms with E-state index in [9.17, 15) is 19.5 Å². The number of amides is 2. The Bertz CT molecular complexity index is 886. The van der Waals surface area contributed by atoms with Crippen LogP contribution in [-0.2, 0) is 23.9 Å². The highest BCUT2D eigenvalue weighted by Gasteiger charge is 2.76. The summed E-state index contributed by atoms with van der Waals surface area (Å²) in [7, 11) is 0. The highest BCUT2D eigenvalue weighted by atomic mass is 79.9. The number of thioether (sulfide) groups is 1. The van der Waals surface area contributed by atoms with E-state index < -0.39 is 28.6 Å². The van der Waals surface area contributed by atoms with E-state index in [1.54, 1.807) is 27.6 Å². The number of halogens is 1. The number of hydrogen-bond donors (Lipinski definition) is 1. The number of unbranched alkanes of at least 4 members (excludes halogenated alkanes) is 1. The van der Waals surface area contributed by atoms with Crippen molar-refractivity contribution in [2.45, 2.75) is 40.1 Å². The number of morpholine rings is 1. The van der Waals surface area contributed by atoms with Crippen molar-refractivity contribution in [2.24, 2.45) is 11.8 Å². The molecule has 0 saturated carbocycles. The number of carbonyl (C=O) groups excluding carboxylic acids is 3. The fraction of sp³-hybridized carbons (Fsp3) is 0.731. The Hall–Kier alpha value is -1.40. The van der Waals surface area contributed by atoms with Gasteiger partial charge in [-0.05, 0) is 19.3 Å². The number of aliphatic hydroxyl groups is 1. The van der Waals surface area contributed by atoms with Crippen LogP contribution < -0.4 is 0 Å². The molecule has 4 saturated heterocycles. The summed E-state index contributed by atoms with van der Waals surface area (Å²) in [6.45, 7) is 12.6. The molecule has 4 heterocycles. The highest BCUT2D eigenvalue weighted by Crippen LogP contribution is 2.68. The lowest BCUT2D eigenvalue weighted by Crippen LogP contribution is -2.56. The maximum Gasteiger partial charge on any atom is 0.311 e. The van der Waals surface area contributed by atoms with Crippen LogP contribution in [0.3, 0.4) is 0 Å². The highest BCUT2D eigenvalue weighted by molar-refractivity contribution is 9.09. The van der Waals surface area contributed by atoms with Gasteiger partial charge in [0.1, 0.15) is 12.6 Å². The molecule has 3 unspecified atom stereocenters. The molecular formula is C26H38BrN3O6S. The molecule has 4 aliphatic rings. The number of ether oxygens (including phenoxy) is 2. The molecule has 9 nitrogen and oxygen atoms in total. The van der Waals surface area contributed by atoms with Gasteiger partial charge in [0.2, 0.25) is 11.8 Å². The smallest absolute Gasteiger partial charge is 0.311 e. The number of aliphatic hydroxyl groups excluding tert-OH is 1. The summed E-state index contributed by atoms with van der Waals surface area (Å²) in [6.07, 6.45) is 4.99. The minimum absolute atomic E-state index is 0.00303. The minimum atomic E-state index is -0.706. The number of rotatable bonds is 13. The lowest BCUT2D eigenvalue weighted by molar-refractivity contribution is -0.153. The van der Waals surface area contributed by atoms with E-state index in [1.807, 2.05) is 0 Å². The van der Waals surface area contributed by atoms with Crippen LogP contribution in [0.4, 0.5) is 0 Å². The Labute approximate surface area is 231 Å². The monoisotopic (exact) mass is 599 g/mol. The van der Waals surface area contributed by atoms with E-state index >= 15 is 0 Å².